The molecule has 0 amide bonds. The van der Waals surface area contributed by atoms with Crippen molar-refractivity contribution >= 4 is 8.69 Å². The van der Waals surface area contributed by atoms with Crippen molar-refractivity contribution in [3.63, 3.8) is 0 Å². The van der Waals surface area contributed by atoms with E-state index >= 15 is 0 Å². The maximum Gasteiger partial charge on any atom is 0.494 e. The number of hydrogen-bond donors (Lipinski definition) is 2. The fourth-order valence-electron chi connectivity index (χ4n) is 2.91. The van der Waals surface area contributed by atoms with Gasteiger partial charge in [-0.1, -0.05) is 40.5 Å². The van der Waals surface area contributed by atoms with Crippen molar-refractivity contribution in [3.8, 4) is 0 Å². The van der Waals surface area contributed by atoms with Crippen molar-refractivity contribution in [3.05, 3.63) is 11.6 Å². The average Bonchev–Trinajstić information content (AvgIpc) is 3.13. The Bertz CT molecular complexity index is 597. The zero-order chi connectivity index (χ0) is 24.2. The summed E-state index contributed by atoms with van der Waals surface area (Å²) in [5.74, 6) is 1.70. The molecule has 9 nitrogen and oxygen atoms in total. The Kier molecular flexibility index (Phi) is 18.7. The third-order valence-corrected chi connectivity index (χ3v) is 5.31. The SMILES string of the molecule is CCCCNCNn1c(CCC)n[n+](CCCC)c1CCC.COC(C)(CO[PH+]=O)OC. The van der Waals surface area contributed by atoms with E-state index in [1.807, 2.05) is 0 Å². The first kappa shape index (κ1) is 30.9. The predicted octanol–water partition coefficient (Wildman–Crippen LogP) is 3.72. The van der Waals surface area contributed by atoms with Crippen molar-refractivity contribution in [1.29, 1.82) is 0 Å². The molecule has 1 unspecified atom stereocenters. The van der Waals surface area contributed by atoms with Gasteiger partial charge in [-0.25, -0.2) is 5.43 Å². The van der Waals surface area contributed by atoms with Crippen molar-refractivity contribution in [2.45, 2.75) is 98.3 Å². The van der Waals surface area contributed by atoms with E-state index in [9.17, 15) is 4.57 Å². The Morgan fingerprint density at radius 3 is 2.22 bits per heavy atom. The summed E-state index contributed by atoms with van der Waals surface area (Å²) >= 11 is 0. The monoisotopic (exact) mass is 477 g/mol. The first-order chi connectivity index (χ1) is 15.5. The summed E-state index contributed by atoms with van der Waals surface area (Å²) in [6, 6.07) is 0. The van der Waals surface area contributed by atoms with Crippen molar-refractivity contribution in [2.24, 2.45) is 0 Å². The molecule has 0 aromatic carbocycles. The minimum atomic E-state index is -0.780. The van der Waals surface area contributed by atoms with Gasteiger partial charge in [-0.15, -0.1) is 13.9 Å². The maximum absolute atomic E-state index is 9.90. The molecule has 188 valence electrons. The van der Waals surface area contributed by atoms with E-state index in [0.29, 0.717) is 0 Å². The van der Waals surface area contributed by atoms with E-state index in [0.717, 1.165) is 45.4 Å². The highest BCUT2D eigenvalue weighted by molar-refractivity contribution is 7.17. The first-order valence-electron chi connectivity index (χ1n) is 12.0. The summed E-state index contributed by atoms with van der Waals surface area (Å²) in [5.41, 5.74) is 3.53. The van der Waals surface area contributed by atoms with Crippen LogP contribution in [0.2, 0.25) is 0 Å². The molecule has 0 fully saturated rings. The molecule has 0 spiro atoms. The second-order valence-electron chi connectivity index (χ2n) is 7.85. The smallest absolute Gasteiger partial charge is 0.351 e. The zero-order valence-electron chi connectivity index (χ0n) is 21.5. The van der Waals surface area contributed by atoms with Crippen LogP contribution < -0.4 is 15.4 Å². The lowest BCUT2D eigenvalue weighted by Gasteiger charge is -2.22. The Morgan fingerprint density at radius 2 is 1.69 bits per heavy atom. The van der Waals surface area contributed by atoms with Gasteiger partial charge in [0.1, 0.15) is 13.2 Å². The van der Waals surface area contributed by atoms with Gasteiger partial charge in [0.15, 0.2) is 12.4 Å². The van der Waals surface area contributed by atoms with Crippen molar-refractivity contribution in [1.82, 2.24) is 15.1 Å². The first-order valence-corrected chi connectivity index (χ1v) is 12.8. The third kappa shape index (κ3) is 12.2. The summed E-state index contributed by atoms with van der Waals surface area (Å²) in [6.45, 7) is 13.7. The normalized spacial score (nSPS) is 11.5. The average molecular weight is 478 g/mol. The molecule has 1 atom stereocenters. The molecule has 1 rings (SSSR count). The van der Waals surface area contributed by atoms with E-state index in [2.05, 4.69) is 52.3 Å². The molecule has 1 aromatic rings. The quantitative estimate of drug-likeness (QED) is 0.144. The van der Waals surface area contributed by atoms with Crippen LogP contribution >= 0.6 is 8.69 Å². The van der Waals surface area contributed by atoms with Gasteiger partial charge in [0.05, 0.1) is 6.42 Å². The summed E-state index contributed by atoms with van der Waals surface area (Å²) in [7, 11) is 2.23. The fourth-order valence-corrected chi connectivity index (χ4v) is 3.23. The number of unbranched alkanes of at least 4 members (excludes halogenated alkanes) is 2. The maximum atomic E-state index is 9.90. The third-order valence-electron chi connectivity index (χ3n) is 5.05. The van der Waals surface area contributed by atoms with Gasteiger partial charge in [-0.3, -0.25) is 5.32 Å². The fraction of sp³-hybridized carbons (Fsp3) is 0.909. The Balaban J connectivity index is 0.000000809. The van der Waals surface area contributed by atoms with Gasteiger partial charge in [0.2, 0.25) is 0 Å². The highest BCUT2D eigenvalue weighted by Crippen LogP contribution is 2.12. The van der Waals surface area contributed by atoms with Crippen LogP contribution in [0.3, 0.4) is 0 Å². The Labute approximate surface area is 196 Å². The number of nitrogens with one attached hydrogen (secondary N) is 2. The predicted molar refractivity (Wildman–Crippen MR) is 130 cm³/mol. The van der Waals surface area contributed by atoms with Gasteiger partial charge < -0.3 is 9.47 Å². The van der Waals surface area contributed by atoms with E-state index in [1.54, 1.807) is 6.92 Å². The van der Waals surface area contributed by atoms with Gasteiger partial charge in [-0.2, -0.15) is 0 Å². The van der Waals surface area contributed by atoms with Gasteiger partial charge in [0.25, 0.3) is 5.82 Å². The Hall–Kier alpha value is -1.12. The van der Waals surface area contributed by atoms with Gasteiger partial charge in [0, 0.05) is 20.6 Å². The van der Waals surface area contributed by atoms with Crippen LogP contribution in [0.15, 0.2) is 0 Å². The van der Waals surface area contributed by atoms with Crippen LogP contribution in [0.1, 0.15) is 84.8 Å². The summed E-state index contributed by atoms with van der Waals surface area (Å²) in [5, 5.41) is 8.32. The number of nitrogens with zero attached hydrogens (tertiary/aromatic N) is 3. The van der Waals surface area contributed by atoms with Crippen LogP contribution in [0.4, 0.5) is 0 Å². The van der Waals surface area contributed by atoms with E-state index < -0.39 is 14.5 Å². The number of methoxy groups -OCH3 is 2. The molecule has 0 radical (unpaired) electrons. The van der Waals surface area contributed by atoms with Crippen molar-refractivity contribution in [2.75, 3.05) is 39.5 Å². The second kappa shape index (κ2) is 19.4. The van der Waals surface area contributed by atoms with Crippen LogP contribution in [0, 0.1) is 0 Å². The summed E-state index contributed by atoms with van der Waals surface area (Å²) in [6.07, 6.45) is 9.23. The summed E-state index contributed by atoms with van der Waals surface area (Å²) in [4.78, 5) is 0. The number of hydrogen-bond acceptors (Lipinski definition) is 7. The van der Waals surface area contributed by atoms with Crippen LogP contribution in [0.25, 0.3) is 0 Å². The van der Waals surface area contributed by atoms with E-state index in [4.69, 9.17) is 14.6 Å². The van der Waals surface area contributed by atoms with E-state index in [-0.39, 0.29) is 6.61 Å². The molecule has 0 aliphatic rings. The van der Waals surface area contributed by atoms with Gasteiger partial charge >= 0.3 is 14.5 Å². The molecular formula is C22H48N5O4P+2. The number of aryl methyl sites for hydroxylation is 2. The van der Waals surface area contributed by atoms with Crippen LogP contribution in [0.5, 0.6) is 0 Å². The lowest BCUT2D eigenvalue weighted by atomic mass is 10.3. The molecule has 10 heteroatoms. The second-order valence-corrected chi connectivity index (χ2v) is 8.30. The highest BCUT2D eigenvalue weighted by Gasteiger charge is 2.25. The van der Waals surface area contributed by atoms with Crippen LogP contribution in [-0.4, -0.2) is 49.6 Å². The molecule has 0 saturated carbocycles. The molecule has 0 saturated heterocycles. The highest BCUT2D eigenvalue weighted by atomic mass is 31.1. The molecule has 0 aliphatic carbocycles. The number of aromatic nitrogens is 3. The minimum Gasteiger partial charge on any atom is -0.351 e. The van der Waals surface area contributed by atoms with E-state index in [1.165, 1.54) is 51.6 Å². The van der Waals surface area contributed by atoms with Crippen molar-refractivity contribution < 1.29 is 23.2 Å². The largest absolute Gasteiger partial charge is 0.494 e. The minimum absolute atomic E-state index is 0.169. The molecule has 32 heavy (non-hydrogen) atoms. The van der Waals surface area contributed by atoms with Gasteiger partial charge in [-0.05, 0) is 48.8 Å². The molecule has 1 aromatic heterocycles. The standard InChI is InChI=1S/C17H36N5.C5H12O4P/c1-5-9-13-18-15-19-22-16(11-7-3)20-21(14-10-6-2)17(22)12-8-4;1-5(7-2,8-3)4-9-10-6/h18-19H,5-15H2,1-4H3;10H,4H2,1-3H3/q2*+1. The summed E-state index contributed by atoms with van der Waals surface area (Å²) < 4.78 is 28.8. The number of rotatable bonds is 18. The van der Waals surface area contributed by atoms with Crippen LogP contribution in [-0.2, 0) is 37.9 Å². The molecule has 0 bridgehead atoms. The topological polar surface area (TPSA) is 90.5 Å². The lowest BCUT2D eigenvalue weighted by molar-refractivity contribution is -0.759. The number of ether oxygens (including phenoxy) is 2. The molecule has 1 heterocycles. The zero-order valence-corrected chi connectivity index (χ0v) is 22.5. The molecule has 2 N–H and O–H groups in total. The Morgan fingerprint density at radius 1 is 1.03 bits per heavy atom. The lowest BCUT2D eigenvalue weighted by Crippen LogP contribution is -2.42. The molecular weight excluding hydrogens is 429 g/mol. The molecule has 0 aliphatic heterocycles.